The van der Waals surface area contributed by atoms with E-state index in [-0.39, 0.29) is 0 Å². The minimum atomic E-state index is 0.573. The van der Waals surface area contributed by atoms with E-state index in [4.69, 9.17) is 0 Å². The second-order valence-corrected chi connectivity index (χ2v) is 5.71. The lowest BCUT2D eigenvalue weighted by Crippen LogP contribution is -2.28. The molecule has 0 bridgehead atoms. The normalized spacial score (nSPS) is 11.6. The van der Waals surface area contributed by atoms with E-state index in [2.05, 4.69) is 75.0 Å². The molecule has 0 aliphatic rings. The Morgan fingerprint density at radius 3 is 2.47 bits per heavy atom. The Kier molecular flexibility index (Phi) is 2.78. The van der Waals surface area contributed by atoms with Gasteiger partial charge in [0.15, 0.2) is 6.20 Å². The molecule has 1 heterocycles. The number of aromatic nitrogens is 1. The molecule has 1 heteroatoms. The number of benzene rings is 2. The Bertz CT molecular complexity index is 769. The molecule has 1 aromatic heterocycles. The largest absolute Gasteiger partial charge is 0.220 e. The monoisotopic (exact) mass is 250 g/mol. The lowest BCUT2D eigenvalue weighted by atomic mass is 9.94. The molecule has 19 heavy (non-hydrogen) atoms. The molecule has 0 fully saturated rings. The summed E-state index contributed by atoms with van der Waals surface area (Å²) in [5.41, 5.74) is 4.12. The van der Waals surface area contributed by atoms with Gasteiger partial charge in [-0.1, -0.05) is 32.0 Å². The number of pyridine rings is 1. The summed E-state index contributed by atoms with van der Waals surface area (Å²) in [6.07, 6.45) is 2.12. The molecule has 96 valence electrons. The van der Waals surface area contributed by atoms with Crippen molar-refractivity contribution in [2.24, 2.45) is 7.05 Å². The molecule has 0 unspecified atom stereocenters. The van der Waals surface area contributed by atoms with Crippen LogP contribution in [0.2, 0.25) is 0 Å². The Morgan fingerprint density at radius 1 is 1.00 bits per heavy atom. The molecule has 0 aliphatic heterocycles. The van der Waals surface area contributed by atoms with Crippen molar-refractivity contribution in [3.8, 4) is 0 Å². The van der Waals surface area contributed by atoms with Crippen molar-refractivity contribution in [3.63, 3.8) is 0 Å². The van der Waals surface area contributed by atoms with Crippen molar-refractivity contribution in [2.75, 3.05) is 0 Å². The van der Waals surface area contributed by atoms with Gasteiger partial charge in [0.2, 0.25) is 5.52 Å². The first-order valence-corrected chi connectivity index (χ1v) is 6.89. The summed E-state index contributed by atoms with van der Waals surface area (Å²) in [6, 6.07) is 13.4. The minimum Gasteiger partial charge on any atom is -0.200 e. The van der Waals surface area contributed by atoms with Crippen LogP contribution in [0, 0.1) is 6.92 Å². The Balaban J connectivity index is 2.49. The van der Waals surface area contributed by atoms with Crippen molar-refractivity contribution in [3.05, 3.63) is 53.7 Å². The van der Waals surface area contributed by atoms with Gasteiger partial charge in [-0.2, -0.15) is 0 Å². The summed E-state index contributed by atoms with van der Waals surface area (Å²) >= 11 is 0. The fourth-order valence-corrected chi connectivity index (χ4v) is 2.90. The molecule has 0 amide bonds. The standard InChI is InChI=1S/C18H20N/c1-12(2)16-10-13(3)17-15(11-16)8-7-14-6-5-9-19(4)18(14)17/h5-12H,1-4H3/q+1. The number of hydrogen-bond acceptors (Lipinski definition) is 0. The van der Waals surface area contributed by atoms with Gasteiger partial charge in [0.25, 0.3) is 0 Å². The highest BCUT2D eigenvalue weighted by Crippen LogP contribution is 2.29. The zero-order chi connectivity index (χ0) is 13.6. The van der Waals surface area contributed by atoms with Gasteiger partial charge in [-0.25, -0.2) is 4.57 Å². The Labute approximate surface area is 114 Å². The third-order valence-electron chi connectivity index (χ3n) is 3.95. The van der Waals surface area contributed by atoms with E-state index in [1.165, 1.54) is 32.8 Å². The summed E-state index contributed by atoms with van der Waals surface area (Å²) < 4.78 is 2.22. The van der Waals surface area contributed by atoms with Crippen molar-refractivity contribution in [1.29, 1.82) is 0 Å². The summed E-state index contributed by atoms with van der Waals surface area (Å²) in [4.78, 5) is 0. The lowest BCUT2D eigenvalue weighted by Gasteiger charge is -2.11. The van der Waals surface area contributed by atoms with Gasteiger partial charge < -0.3 is 0 Å². The number of rotatable bonds is 1. The molecule has 1 nitrogen and oxygen atoms in total. The van der Waals surface area contributed by atoms with Crippen LogP contribution in [-0.2, 0) is 7.05 Å². The summed E-state index contributed by atoms with van der Waals surface area (Å²) in [5, 5.41) is 4.03. The minimum absolute atomic E-state index is 0.573. The lowest BCUT2D eigenvalue weighted by molar-refractivity contribution is -0.644. The number of aryl methyl sites for hydroxylation is 2. The summed E-state index contributed by atoms with van der Waals surface area (Å²) in [6.45, 7) is 6.73. The predicted octanol–water partition coefficient (Wildman–Crippen LogP) is 4.25. The second-order valence-electron chi connectivity index (χ2n) is 5.71. The molecule has 0 aliphatic carbocycles. The van der Waals surface area contributed by atoms with E-state index in [9.17, 15) is 0 Å². The van der Waals surface area contributed by atoms with Crippen LogP contribution in [0.1, 0.15) is 30.9 Å². The average Bonchev–Trinajstić information content (AvgIpc) is 2.38. The van der Waals surface area contributed by atoms with Crippen LogP contribution in [0.5, 0.6) is 0 Å². The first kappa shape index (κ1) is 12.2. The second kappa shape index (κ2) is 4.34. The van der Waals surface area contributed by atoms with E-state index in [1.807, 2.05) is 0 Å². The third kappa shape index (κ3) is 1.90. The van der Waals surface area contributed by atoms with Gasteiger partial charge >= 0.3 is 0 Å². The van der Waals surface area contributed by atoms with Crippen molar-refractivity contribution < 1.29 is 4.57 Å². The molecule has 2 aromatic carbocycles. The van der Waals surface area contributed by atoms with E-state index < -0.39 is 0 Å². The maximum absolute atomic E-state index is 2.33. The highest BCUT2D eigenvalue weighted by molar-refractivity contribution is 6.05. The Morgan fingerprint density at radius 2 is 1.74 bits per heavy atom. The molecular weight excluding hydrogens is 230 g/mol. The molecule has 0 radical (unpaired) electrons. The third-order valence-corrected chi connectivity index (χ3v) is 3.95. The molecule has 3 rings (SSSR count). The Hall–Kier alpha value is -1.89. The molecule has 0 N–H and O–H groups in total. The van der Waals surface area contributed by atoms with Crippen LogP contribution in [0.15, 0.2) is 42.6 Å². The molecule has 0 saturated carbocycles. The highest BCUT2D eigenvalue weighted by atomic mass is 14.9. The van der Waals surface area contributed by atoms with Crippen molar-refractivity contribution >= 4 is 21.7 Å². The highest BCUT2D eigenvalue weighted by Gasteiger charge is 2.13. The van der Waals surface area contributed by atoms with Crippen LogP contribution in [0.4, 0.5) is 0 Å². The maximum atomic E-state index is 2.33. The van der Waals surface area contributed by atoms with Crippen molar-refractivity contribution in [2.45, 2.75) is 26.7 Å². The maximum Gasteiger partial charge on any atom is 0.220 e. The van der Waals surface area contributed by atoms with Crippen LogP contribution in [0.25, 0.3) is 21.7 Å². The topological polar surface area (TPSA) is 3.88 Å². The fourth-order valence-electron chi connectivity index (χ4n) is 2.90. The van der Waals surface area contributed by atoms with Gasteiger partial charge in [0.1, 0.15) is 7.05 Å². The molecular formula is C18H20N+. The SMILES string of the molecule is Cc1cc(C(C)C)cc2ccc3ccc[n+](C)c3c12. The molecule has 3 aromatic rings. The average molecular weight is 250 g/mol. The number of nitrogens with zero attached hydrogens (tertiary/aromatic N) is 1. The number of fused-ring (bicyclic) bond motifs is 3. The first-order chi connectivity index (χ1) is 9.08. The van der Waals surface area contributed by atoms with Crippen LogP contribution >= 0.6 is 0 Å². The van der Waals surface area contributed by atoms with Gasteiger partial charge in [-0.15, -0.1) is 0 Å². The van der Waals surface area contributed by atoms with Gasteiger partial charge in [0.05, 0.1) is 5.39 Å². The molecule has 0 atom stereocenters. The fraction of sp³-hybridized carbons (Fsp3) is 0.278. The van der Waals surface area contributed by atoms with Crippen molar-refractivity contribution in [1.82, 2.24) is 0 Å². The molecule has 0 spiro atoms. The zero-order valence-corrected chi connectivity index (χ0v) is 12.1. The summed E-state index contributed by atoms with van der Waals surface area (Å²) in [7, 11) is 2.12. The zero-order valence-electron chi connectivity index (χ0n) is 12.1. The number of hydrogen-bond donors (Lipinski definition) is 0. The van der Waals surface area contributed by atoms with Crippen LogP contribution < -0.4 is 4.57 Å². The molecule has 0 saturated heterocycles. The van der Waals surface area contributed by atoms with Crippen LogP contribution in [-0.4, -0.2) is 0 Å². The van der Waals surface area contributed by atoms with Gasteiger partial charge in [-0.05, 0) is 41.5 Å². The van der Waals surface area contributed by atoms with Crippen LogP contribution in [0.3, 0.4) is 0 Å². The van der Waals surface area contributed by atoms with Gasteiger partial charge in [-0.3, -0.25) is 0 Å². The quantitative estimate of drug-likeness (QED) is 0.449. The van der Waals surface area contributed by atoms with E-state index in [1.54, 1.807) is 0 Å². The van der Waals surface area contributed by atoms with E-state index >= 15 is 0 Å². The predicted molar refractivity (Wildman–Crippen MR) is 81.5 cm³/mol. The van der Waals surface area contributed by atoms with E-state index in [0.717, 1.165) is 0 Å². The van der Waals surface area contributed by atoms with Gasteiger partial charge in [0, 0.05) is 11.5 Å². The first-order valence-electron chi connectivity index (χ1n) is 6.89. The summed E-state index contributed by atoms with van der Waals surface area (Å²) in [5.74, 6) is 0.573. The smallest absolute Gasteiger partial charge is 0.200 e. The van der Waals surface area contributed by atoms with E-state index in [0.29, 0.717) is 5.92 Å².